The molecule has 0 amide bonds. The number of halogens is 1. The lowest BCUT2D eigenvalue weighted by molar-refractivity contribution is 0.760. The maximum Gasteiger partial charge on any atom is 0.184 e. The molecule has 0 bridgehead atoms. The first kappa shape index (κ1) is 15.8. The van der Waals surface area contributed by atoms with Gasteiger partial charge in [-0.2, -0.15) is 5.10 Å². The Bertz CT molecular complexity index is 730. The maximum absolute atomic E-state index is 5.97. The van der Waals surface area contributed by atoms with E-state index in [4.69, 9.17) is 29.6 Å². The van der Waals surface area contributed by atoms with E-state index in [-0.39, 0.29) is 11.2 Å². The summed E-state index contributed by atoms with van der Waals surface area (Å²) < 4.78 is 0. The van der Waals surface area contributed by atoms with Crippen molar-refractivity contribution >= 4 is 40.8 Å². The first-order valence-corrected chi connectivity index (χ1v) is 8.10. The molecule has 2 aromatic carbocycles. The van der Waals surface area contributed by atoms with E-state index in [1.165, 1.54) is 16.8 Å². The van der Waals surface area contributed by atoms with Gasteiger partial charge in [0.15, 0.2) is 5.11 Å². The zero-order valence-electron chi connectivity index (χ0n) is 12.4. The van der Waals surface area contributed by atoms with Crippen molar-refractivity contribution in [1.82, 2.24) is 5.43 Å². The number of benzene rings is 2. The van der Waals surface area contributed by atoms with Crippen molar-refractivity contribution in [2.75, 3.05) is 4.90 Å². The molecule has 0 saturated heterocycles. The van der Waals surface area contributed by atoms with Gasteiger partial charge in [-0.25, -0.2) is 0 Å². The number of hydrogen-bond donors (Lipinski definition) is 2. The summed E-state index contributed by atoms with van der Waals surface area (Å²) in [4.78, 5) is 2.32. The van der Waals surface area contributed by atoms with E-state index in [0.29, 0.717) is 0 Å². The zero-order valence-corrected chi connectivity index (χ0v) is 14.0. The molecule has 0 spiro atoms. The third-order valence-electron chi connectivity index (χ3n) is 3.82. The molecule has 23 heavy (non-hydrogen) atoms. The number of fused-ring (bicyclic) bond motifs is 1. The first-order valence-electron chi connectivity index (χ1n) is 7.31. The number of nitrogens with one attached hydrogen (secondary N) is 1. The predicted octanol–water partition coefficient (Wildman–Crippen LogP) is 3.09. The molecule has 2 aromatic rings. The highest BCUT2D eigenvalue weighted by atomic mass is 35.5. The van der Waals surface area contributed by atoms with Crippen LogP contribution in [0.5, 0.6) is 0 Å². The average Bonchev–Trinajstić information content (AvgIpc) is 2.87. The van der Waals surface area contributed by atoms with Gasteiger partial charge in [0.05, 0.1) is 6.04 Å². The molecule has 1 atom stereocenters. The third kappa shape index (κ3) is 3.81. The van der Waals surface area contributed by atoms with Gasteiger partial charge >= 0.3 is 0 Å². The number of anilines is 1. The molecule has 3 rings (SSSR count). The smallest absolute Gasteiger partial charge is 0.184 e. The topological polar surface area (TPSA) is 53.6 Å². The summed E-state index contributed by atoms with van der Waals surface area (Å²) in [5.74, 6) is 0. The van der Waals surface area contributed by atoms with E-state index >= 15 is 0 Å². The van der Waals surface area contributed by atoms with Gasteiger partial charge in [-0.3, -0.25) is 5.43 Å². The van der Waals surface area contributed by atoms with Crippen molar-refractivity contribution in [2.45, 2.75) is 19.0 Å². The van der Waals surface area contributed by atoms with Crippen molar-refractivity contribution in [3.05, 3.63) is 64.7 Å². The lowest BCUT2D eigenvalue weighted by Crippen LogP contribution is -2.34. The largest absolute Gasteiger partial charge is 0.375 e. The van der Waals surface area contributed by atoms with E-state index in [1.807, 2.05) is 30.5 Å². The van der Waals surface area contributed by atoms with Gasteiger partial charge in [-0.1, -0.05) is 41.9 Å². The van der Waals surface area contributed by atoms with Crippen molar-refractivity contribution in [1.29, 1.82) is 0 Å². The van der Waals surface area contributed by atoms with Crippen LogP contribution in [0.25, 0.3) is 0 Å². The number of rotatable bonds is 4. The molecule has 0 fully saturated rings. The number of nitrogens with two attached hydrogens (primary N) is 1. The summed E-state index contributed by atoms with van der Waals surface area (Å²) in [7, 11) is 0. The van der Waals surface area contributed by atoms with E-state index in [2.05, 4.69) is 39.7 Å². The molecule has 0 radical (unpaired) electrons. The van der Waals surface area contributed by atoms with Crippen molar-refractivity contribution in [2.24, 2.45) is 10.8 Å². The summed E-state index contributed by atoms with van der Waals surface area (Å²) >= 11 is 10.7. The van der Waals surface area contributed by atoms with Crippen LogP contribution in [0.3, 0.4) is 0 Å². The standard InChI is InChI=1S/C17H17ClN4S/c18-14-7-5-12(6-8-14)11-22-15(10-20-21-17(19)23)9-13-3-1-2-4-16(13)22/h1-8,10,15H,9,11H2,(H3,19,21,23). The van der Waals surface area contributed by atoms with Gasteiger partial charge in [0, 0.05) is 23.5 Å². The van der Waals surface area contributed by atoms with Crippen LogP contribution < -0.4 is 16.1 Å². The monoisotopic (exact) mass is 344 g/mol. The predicted molar refractivity (Wildman–Crippen MR) is 100.0 cm³/mol. The normalized spacial score (nSPS) is 16.6. The Labute approximate surface area is 145 Å². The zero-order chi connectivity index (χ0) is 16.2. The summed E-state index contributed by atoms with van der Waals surface area (Å²) in [6.45, 7) is 0.790. The Morgan fingerprint density at radius 1 is 1.30 bits per heavy atom. The van der Waals surface area contributed by atoms with Gasteiger partial charge in [0.1, 0.15) is 0 Å². The van der Waals surface area contributed by atoms with Gasteiger partial charge in [-0.15, -0.1) is 0 Å². The average molecular weight is 345 g/mol. The molecule has 1 aliphatic heterocycles. The van der Waals surface area contributed by atoms with E-state index in [1.54, 1.807) is 0 Å². The highest BCUT2D eigenvalue weighted by Crippen LogP contribution is 2.32. The molecule has 4 nitrogen and oxygen atoms in total. The lowest BCUT2D eigenvalue weighted by Gasteiger charge is -2.25. The number of hydrazone groups is 1. The first-order chi connectivity index (χ1) is 11.1. The Kier molecular flexibility index (Phi) is 4.79. The number of thiocarbonyl (C=S) groups is 1. The van der Waals surface area contributed by atoms with Crippen LogP contribution in [0.15, 0.2) is 53.6 Å². The van der Waals surface area contributed by atoms with Gasteiger partial charge in [0.2, 0.25) is 0 Å². The SMILES string of the molecule is NC(=S)NN=CC1Cc2ccccc2N1Cc1ccc(Cl)cc1. The van der Waals surface area contributed by atoms with Crippen LogP contribution in [-0.4, -0.2) is 17.4 Å². The fourth-order valence-electron chi connectivity index (χ4n) is 2.79. The third-order valence-corrected chi connectivity index (χ3v) is 4.16. The fourth-order valence-corrected chi connectivity index (χ4v) is 2.97. The summed E-state index contributed by atoms with van der Waals surface area (Å²) in [6, 6.07) is 16.5. The summed E-state index contributed by atoms with van der Waals surface area (Å²) in [6.07, 6.45) is 2.77. The molecule has 1 heterocycles. The molecule has 3 N–H and O–H groups in total. The molecule has 6 heteroatoms. The number of para-hydroxylation sites is 1. The minimum atomic E-state index is 0.157. The highest BCUT2D eigenvalue weighted by molar-refractivity contribution is 7.80. The van der Waals surface area contributed by atoms with Crippen LogP contribution in [0.2, 0.25) is 5.02 Å². The van der Waals surface area contributed by atoms with Gasteiger partial charge in [-0.05, 0) is 48.0 Å². The molecule has 1 aliphatic rings. The molecular weight excluding hydrogens is 328 g/mol. The quantitative estimate of drug-likeness (QED) is 0.508. The summed E-state index contributed by atoms with van der Waals surface area (Å²) in [5, 5.41) is 5.05. The Hall–Kier alpha value is -2.11. The second kappa shape index (κ2) is 6.98. The second-order valence-corrected chi connectivity index (χ2v) is 6.29. The minimum absolute atomic E-state index is 0.157. The van der Waals surface area contributed by atoms with Crippen LogP contribution in [0.1, 0.15) is 11.1 Å². The van der Waals surface area contributed by atoms with Gasteiger partial charge < -0.3 is 10.6 Å². The van der Waals surface area contributed by atoms with E-state index in [9.17, 15) is 0 Å². The van der Waals surface area contributed by atoms with Crippen molar-refractivity contribution < 1.29 is 0 Å². The number of hydrogen-bond acceptors (Lipinski definition) is 3. The summed E-state index contributed by atoms with van der Waals surface area (Å²) in [5.41, 5.74) is 11.8. The molecule has 1 unspecified atom stereocenters. The Morgan fingerprint density at radius 3 is 2.78 bits per heavy atom. The van der Waals surface area contributed by atoms with Crippen LogP contribution in [0, 0.1) is 0 Å². The van der Waals surface area contributed by atoms with Crippen LogP contribution >= 0.6 is 23.8 Å². The highest BCUT2D eigenvalue weighted by Gasteiger charge is 2.27. The van der Waals surface area contributed by atoms with Crippen LogP contribution in [0.4, 0.5) is 5.69 Å². The van der Waals surface area contributed by atoms with E-state index in [0.717, 1.165) is 18.0 Å². The minimum Gasteiger partial charge on any atom is -0.375 e. The maximum atomic E-state index is 5.97. The van der Waals surface area contributed by atoms with E-state index < -0.39 is 0 Å². The fraction of sp³-hybridized carbons (Fsp3) is 0.176. The Morgan fingerprint density at radius 2 is 2.04 bits per heavy atom. The van der Waals surface area contributed by atoms with Gasteiger partial charge in [0.25, 0.3) is 0 Å². The molecule has 0 aliphatic carbocycles. The van der Waals surface area contributed by atoms with Crippen LogP contribution in [-0.2, 0) is 13.0 Å². The molecule has 0 aromatic heterocycles. The Balaban J connectivity index is 1.83. The molecule has 0 saturated carbocycles. The lowest BCUT2D eigenvalue weighted by atomic mass is 10.1. The second-order valence-electron chi connectivity index (χ2n) is 5.41. The molecule has 118 valence electrons. The number of nitrogens with zero attached hydrogens (tertiary/aromatic N) is 2. The molecular formula is C17H17ClN4S. The van der Waals surface area contributed by atoms with Crippen molar-refractivity contribution in [3.8, 4) is 0 Å². The van der Waals surface area contributed by atoms with Crippen molar-refractivity contribution in [3.63, 3.8) is 0 Å².